The van der Waals surface area contributed by atoms with Gasteiger partial charge in [-0.3, -0.25) is 9.69 Å². The van der Waals surface area contributed by atoms with E-state index in [9.17, 15) is 4.79 Å². The average molecular weight is 412 g/mol. The molecule has 2 heterocycles. The van der Waals surface area contributed by atoms with Gasteiger partial charge < -0.3 is 9.64 Å². The van der Waals surface area contributed by atoms with Crippen molar-refractivity contribution in [1.82, 2.24) is 14.8 Å². The summed E-state index contributed by atoms with van der Waals surface area (Å²) in [6.07, 6.45) is 7.72. The molecule has 1 aromatic heterocycles. The normalized spacial score (nSPS) is 20.8. The number of rotatable bonds is 7. The van der Waals surface area contributed by atoms with Gasteiger partial charge in [0.2, 0.25) is 5.91 Å². The molecule has 1 aliphatic carbocycles. The molecule has 1 atom stereocenters. The lowest BCUT2D eigenvalue weighted by Crippen LogP contribution is -2.37. The van der Waals surface area contributed by atoms with Gasteiger partial charge in [0, 0.05) is 24.9 Å². The Morgan fingerprint density at radius 1 is 1.34 bits per heavy atom. The van der Waals surface area contributed by atoms with Crippen molar-refractivity contribution in [2.45, 2.75) is 25.8 Å². The molecule has 1 saturated heterocycles. The van der Waals surface area contributed by atoms with Gasteiger partial charge in [0.15, 0.2) is 0 Å². The number of aromatic nitrogens is 1. The van der Waals surface area contributed by atoms with Crippen molar-refractivity contribution in [3.05, 3.63) is 52.5 Å². The Morgan fingerprint density at radius 3 is 2.76 bits per heavy atom. The molecule has 0 radical (unpaired) electrons. The predicted molar refractivity (Wildman–Crippen MR) is 117 cm³/mol. The van der Waals surface area contributed by atoms with Crippen molar-refractivity contribution in [1.29, 1.82) is 0 Å². The van der Waals surface area contributed by atoms with Gasteiger partial charge in [-0.1, -0.05) is 24.3 Å². The van der Waals surface area contributed by atoms with Crippen LogP contribution in [0.3, 0.4) is 0 Å². The van der Waals surface area contributed by atoms with Crippen LogP contribution in [0.25, 0.3) is 6.08 Å². The first-order valence-corrected chi connectivity index (χ1v) is 11.2. The van der Waals surface area contributed by atoms with Crippen LogP contribution in [0.2, 0.25) is 0 Å². The van der Waals surface area contributed by atoms with Crippen LogP contribution in [0.1, 0.15) is 30.5 Å². The van der Waals surface area contributed by atoms with E-state index in [0.29, 0.717) is 12.5 Å². The molecule has 1 aliphatic heterocycles. The number of nitrogens with zero attached hydrogens (tertiary/aromatic N) is 3. The van der Waals surface area contributed by atoms with E-state index in [1.54, 1.807) is 18.4 Å². The summed E-state index contributed by atoms with van der Waals surface area (Å²) in [7, 11) is 3.59. The van der Waals surface area contributed by atoms with Gasteiger partial charge in [-0.05, 0) is 55.5 Å². The molecule has 2 fully saturated rings. The van der Waals surface area contributed by atoms with Crippen molar-refractivity contribution < 1.29 is 9.53 Å². The molecule has 1 saturated carbocycles. The number of carbonyl (C=O) groups is 1. The largest absolute Gasteiger partial charge is 0.497 e. The third kappa shape index (κ3) is 4.70. The maximum Gasteiger partial charge on any atom is 0.226 e. The molecule has 2 aromatic rings. The Kier molecular flexibility index (Phi) is 6.01. The molecule has 4 rings (SSSR count). The third-order valence-corrected chi connectivity index (χ3v) is 7.02. The van der Waals surface area contributed by atoms with Crippen LogP contribution < -0.4 is 4.74 Å². The highest BCUT2D eigenvalue weighted by atomic mass is 32.1. The number of likely N-dealkylation sites (tertiary alicyclic amines) is 1. The summed E-state index contributed by atoms with van der Waals surface area (Å²) in [5.41, 5.74) is 4.25. The van der Waals surface area contributed by atoms with E-state index in [-0.39, 0.29) is 11.3 Å². The van der Waals surface area contributed by atoms with Gasteiger partial charge >= 0.3 is 0 Å². The van der Waals surface area contributed by atoms with Crippen LogP contribution in [0.15, 0.2) is 41.2 Å². The zero-order valence-electron chi connectivity index (χ0n) is 17.2. The molecule has 2 aliphatic rings. The Balaban J connectivity index is 1.22. The van der Waals surface area contributed by atoms with Crippen LogP contribution in [-0.2, 0) is 11.3 Å². The van der Waals surface area contributed by atoms with Crippen LogP contribution in [0, 0.1) is 11.3 Å². The first kappa shape index (κ1) is 20.1. The summed E-state index contributed by atoms with van der Waals surface area (Å²) < 4.78 is 5.20. The van der Waals surface area contributed by atoms with Crippen molar-refractivity contribution in [2.75, 3.05) is 33.8 Å². The van der Waals surface area contributed by atoms with Gasteiger partial charge in [-0.2, -0.15) is 0 Å². The fraction of sp³-hybridized carbons (Fsp3) is 0.478. The Bertz CT molecular complexity index is 840. The number of methoxy groups -OCH3 is 1. The number of thiazole rings is 1. The second-order valence-electron chi connectivity index (χ2n) is 8.27. The number of benzene rings is 1. The molecule has 5 nitrogen and oxygen atoms in total. The minimum atomic E-state index is 0.211. The van der Waals surface area contributed by atoms with Crippen LogP contribution in [-0.4, -0.2) is 54.5 Å². The van der Waals surface area contributed by atoms with Gasteiger partial charge in [-0.25, -0.2) is 4.98 Å². The number of hydrogen-bond acceptors (Lipinski definition) is 5. The summed E-state index contributed by atoms with van der Waals surface area (Å²) in [5, 5.41) is 2.02. The second kappa shape index (κ2) is 8.67. The van der Waals surface area contributed by atoms with E-state index >= 15 is 0 Å². The third-order valence-electron chi connectivity index (χ3n) is 6.39. The van der Waals surface area contributed by atoms with E-state index in [1.165, 1.54) is 5.56 Å². The zero-order chi connectivity index (χ0) is 20.3. The van der Waals surface area contributed by atoms with Gasteiger partial charge in [0.1, 0.15) is 5.75 Å². The molecule has 29 heavy (non-hydrogen) atoms. The summed E-state index contributed by atoms with van der Waals surface area (Å²) in [5.74, 6) is 1.39. The fourth-order valence-electron chi connectivity index (χ4n) is 4.39. The summed E-state index contributed by atoms with van der Waals surface area (Å²) >= 11 is 1.58. The van der Waals surface area contributed by atoms with Crippen molar-refractivity contribution in [3.63, 3.8) is 0 Å². The summed E-state index contributed by atoms with van der Waals surface area (Å²) in [6.45, 7) is 3.74. The second-order valence-corrected chi connectivity index (χ2v) is 8.99. The van der Waals surface area contributed by atoms with Crippen molar-refractivity contribution in [2.24, 2.45) is 11.3 Å². The maximum atomic E-state index is 12.8. The first-order valence-electron chi connectivity index (χ1n) is 10.2. The average Bonchev–Trinajstić information content (AvgIpc) is 3.18. The maximum absolute atomic E-state index is 12.8. The van der Waals surface area contributed by atoms with Crippen LogP contribution in [0.4, 0.5) is 0 Å². The number of hydrogen-bond donors (Lipinski definition) is 0. The van der Waals surface area contributed by atoms with E-state index in [2.05, 4.69) is 34.2 Å². The van der Waals surface area contributed by atoms with Gasteiger partial charge in [0.25, 0.3) is 0 Å². The summed E-state index contributed by atoms with van der Waals surface area (Å²) in [6, 6.07) is 8.12. The fourth-order valence-corrected chi connectivity index (χ4v) is 4.94. The van der Waals surface area contributed by atoms with E-state index in [1.807, 2.05) is 35.0 Å². The number of ether oxygens (including phenoxy) is 1. The molecule has 154 valence electrons. The highest BCUT2D eigenvalue weighted by Crippen LogP contribution is 2.60. The van der Waals surface area contributed by atoms with E-state index in [4.69, 9.17) is 4.74 Å². The predicted octanol–water partition coefficient (Wildman–Crippen LogP) is 3.93. The highest BCUT2D eigenvalue weighted by Gasteiger charge is 2.58. The van der Waals surface area contributed by atoms with Crippen molar-refractivity contribution in [3.8, 4) is 5.75 Å². The molecular formula is C23H29N3O2S. The van der Waals surface area contributed by atoms with Crippen LogP contribution in [0.5, 0.6) is 5.75 Å². The molecule has 1 aromatic carbocycles. The van der Waals surface area contributed by atoms with Crippen LogP contribution >= 0.6 is 11.3 Å². The Labute approximate surface area is 177 Å². The molecular weight excluding hydrogens is 382 g/mol. The number of carbonyl (C=O) groups excluding carboxylic acids is 1. The smallest absolute Gasteiger partial charge is 0.226 e. The molecule has 6 heteroatoms. The SMILES string of the molecule is COc1ccc(/C=C/CN2CCC3(CC2)CC3C(=O)N(C)Cc2cscn2)cc1. The Hall–Kier alpha value is -2.18. The minimum Gasteiger partial charge on any atom is -0.497 e. The standard InChI is InChI=1S/C23H29N3O2S/c1-25(15-19-16-29-17-24-19)22(27)21-14-23(21)9-12-26(13-10-23)11-3-4-18-5-7-20(28-2)8-6-18/h3-8,16-17,21H,9-15H2,1-2H3/b4-3+. The minimum absolute atomic E-state index is 0.211. The highest BCUT2D eigenvalue weighted by molar-refractivity contribution is 7.07. The lowest BCUT2D eigenvalue weighted by Gasteiger charge is -2.32. The summed E-state index contributed by atoms with van der Waals surface area (Å²) in [4.78, 5) is 21.5. The van der Waals surface area contributed by atoms with E-state index in [0.717, 1.165) is 50.3 Å². The van der Waals surface area contributed by atoms with Crippen molar-refractivity contribution >= 4 is 23.3 Å². The monoisotopic (exact) mass is 411 g/mol. The topological polar surface area (TPSA) is 45.7 Å². The van der Waals surface area contributed by atoms with Gasteiger partial charge in [-0.15, -0.1) is 11.3 Å². The molecule has 0 bridgehead atoms. The molecule has 1 unspecified atom stereocenters. The number of amides is 1. The quantitative estimate of drug-likeness (QED) is 0.693. The number of piperidine rings is 1. The molecule has 1 spiro atoms. The zero-order valence-corrected chi connectivity index (χ0v) is 18.0. The first-order chi connectivity index (χ1) is 14.1. The Morgan fingerprint density at radius 2 is 2.10 bits per heavy atom. The van der Waals surface area contributed by atoms with Gasteiger partial charge in [0.05, 0.1) is 24.9 Å². The lowest BCUT2D eigenvalue weighted by molar-refractivity contribution is -0.133. The molecule has 0 N–H and O–H groups in total. The van der Waals surface area contributed by atoms with E-state index < -0.39 is 0 Å². The molecule has 1 amide bonds. The lowest BCUT2D eigenvalue weighted by atomic mass is 9.90.